The van der Waals surface area contributed by atoms with Crippen LogP contribution in [0.2, 0.25) is 0 Å². The average molecular weight is 428 g/mol. The Morgan fingerprint density at radius 2 is 1.21 bits per heavy atom. The van der Waals surface area contributed by atoms with Gasteiger partial charge in [-0.05, 0) is 62.4 Å². The molecule has 1 aliphatic rings. The summed E-state index contributed by atoms with van der Waals surface area (Å²) in [5.41, 5.74) is 7.73. The van der Waals surface area contributed by atoms with Gasteiger partial charge in [-0.15, -0.1) is 0 Å². The van der Waals surface area contributed by atoms with E-state index in [1.165, 1.54) is 11.1 Å². The zero-order valence-corrected chi connectivity index (χ0v) is 18.8. The average Bonchev–Trinajstić information content (AvgIpc) is 2.84. The quantitative estimate of drug-likeness (QED) is 0.328. The minimum Gasteiger partial charge on any atom is -0.310 e. The van der Waals surface area contributed by atoms with Crippen LogP contribution >= 0.6 is 0 Å². The van der Waals surface area contributed by atoms with Crippen LogP contribution in [0.4, 0.5) is 22.7 Å². The Morgan fingerprint density at radius 3 is 1.82 bits per heavy atom. The number of anilines is 3. The number of hydrogen-bond acceptors (Lipinski definition) is 3. The molecule has 0 heterocycles. The van der Waals surface area contributed by atoms with E-state index < -0.39 is 0 Å². The summed E-state index contributed by atoms with van der Waals surface area (Å²) < 4.78 is 0. The van der Waals surface area contributed by atoms with Crippen molar-refractivity contribution in [1.29, 1.82) is 5.41 Å². The fraction of sp³-hybridized carbons (Fsp3) is 0.0667. The molecular weight excluding hydrogens is 402 g/mol. The fourth-order valence-electron chi connectivity index (χ4n) is 4.08. The number of nitrogens with zero attached hydrogens (tertiary/aromatic N) is 2. The van der Waals surface area contributed by atoms with Crippen molar-refractivity contribution < 1.29 is 0 Å². The van der Waals surface area contributed by atoms with Crippen LogP contribution in [0.5, 0.6) is 0 Å². The van der Waals surface area contributed by atoms with Gasteiger partial charge in [0.1, 0.15) is 0 Å². The zero-order chi connectivity index (χ0) is 22.8. The molecule has 0 aromatic heterocycles. The summed E-state index contributed by atoms with van der Waals surface area (Å²) in [5.74, 6) is 0. The van der Waals surface area contributed by atoms with Gasteiger partial charge in [0.25, 0.3) is 0 Å². The molecule has 0 saturated carbocycles. The first-order valence-electron chi connectivity index (χ1n) is 11.1. The molecule has 0 radical (unpaired) electrons. The molecule has 0 amide bonds. The first kappa shape index (κ1) is 20.7. The van der Waals surface area contributed by atoms with Gasteiger partial charge in [-0.3, -0.25) is 5.41 Å². The number of benzene rings is 4. The molecule has 4 aromatic carbocycles. The molecule has 3 heteroatoms. The van der Waals surface area contributed by atoms with Crippen LogP contribution in [0.15, 0.2) is 114 Å². The van der Waals surface area contributed by atoms with Gasteiger partial charge in [0, 0.05) is 22.1 Å². The third-order valence-electron chi connectivity index (χ3n) is 5.85. The second kappa shape index (κ2) is 8.71. The lowest BCUT2D eigenvalue weighted by atomic mass is 10.0. The Balaban J connectivity index is 1.71. The predicted octanol–water partition coefficient (Wildman–Crippen LogP) is 8.14. The van der Waals surface area contributed by atoms with Gasteiger partial charge in [0.15, 0.2) is 0 Å². The summed E-state index contributed by atoms with van der Waals surface area (Å²) in [4.78, 5) is 7.13. The van der Waals surface area contributed by atoms with E-state index in [0.717, 1.165) is 33.5 Å². The summed E-state index contributed by atoms with van der Waals surface area (Å²) in [5, 5.41) is 10.4. The Kier molecular flexibility index (Phi) is 5.45. The van der Waals surface area contributed by atoms with Gasteiger partial charge in [0.05, 0.1) is 22.8 Å². The van der Waals surface area contributed by atoms with Crippen molar-refractivity contribution in [3.05, 3.63) is 120 Å². The number of allylic oxidation sites excluding steroid dienone is 4. The van der Waals surface area contributed by atoms with E-state index >= 15 is 0 Å². The van der Waals surface area contributed by atoms with E-state index in [2.05, 4.69) is 97.6 Å². The molecular formula is C30H25N3. The molecule has 0 fully saturated rings. The molecule has 0 bridgehead atoms. The van der Waals surface area contributed by atoms with Gasteiger partial charge in [-0.2, -0.15) is 0 Å². The van der Waals surface area contributed by atoms with Gasteiger partial charge in [-0.1, -0.05) is 71.8 Å². The van der Waals surface area contributed by atoms with E-state index in [0.29, 0.717) is 11.4 Å². The first-order chi connectivity index (χ1) is 16.1. The smallest absolute Gasteiger partial charge is 0.0886 e. The van der Waals surface area contributed by atoms with Crippen molar-refractivity contribution in [3.63, 3.8) is 0 Å². The molecule has 0 unspecified atom stereocenters. The summed E-state index contributed by atoms with van der Waals surface area (Å²) >= 11 is 0. The Hall–Kier alpha value is -4.24. The number of aliphatic imine (C=N–C) groups is 1. The third kappa shape index (κ3) is 4.13. The monoisotopic (exact) mass is 427 g/mol. The molecule has 1 N–H and O–H groups in total. The van der Waals surface area contributed by atoms with Gasteiger partial charge < -0.3 is 4.90 Å². The second-order valence-electron chi connectivity index (χ2n) is 8.28. The lowest BCUT2D eigenvalue weighted by Crippen LogP contribution is -2.11. The van der Waals surface area contributed by atoms with E-state index in [4.69, 9.17) is 10.4 Å². The Morgan fingerprint density at radius 1 is 0.636 bits per heavy atom. The zero-order valence-electron chi connectivity index (χ0n) is 18.8. The summed E-state index contributed by atoms with van der Waals surface area (Å²) in [7, 11) is 0. The highest BCUT2D eigenvalue weighted by Gasteiger charge is 2.17. The van der Waals surface area contributed by atoms with Crippen LogP contribution in [-0.4, -0.2) is 11.4 Å². The van der Waals surface area contributed by atoms with Gasteiger partial charge in [-0.25, -0.2) is 4.99 Å². The minimum absolute atomic E-state index is 0.423. The SMILES string of the molecule is Cc1ccc(N(c2ccc(C)cc2)c2ccc(N=C3C=CC=CC3=N)c3ccccc23)cc1. The molecule has 3 nitrogen and oxygen atoms in total. The Bertz CT molecular complexity index is 1380. The van der Waals surface area contributed by atoms with E-state index in [1.54, 1.807) is 6.08 Å². The Labute approximate surface area is 194 Å². The highest BCUT2D eigenvalue weighted by Crippen LogP contribution is 2.41. The number of aryl methyl sites for hydroxylation is 2. The van der Waals surface area contributed by atoms with Crippen LogP contribution in [0.3, 0.4) is 0 Å². The van der Waals surface area contributed by atoms with Crippen LogP contribution in [0.25, 0.3) is 10.8 Å². The van der Waals surface area contributed by atoms with Crippen LogP contribution in [-0.2, 0) is 0 Å². The van der Waals surface area contributed by atoms with Crippen molar-refractivity contribution in [2.75, 3.05) is 4.90 Å². The van der Waals surface area contributed by atoms with Gasteiger partial charge >= 0.3 is 0 Å². The maximum absolute atomic E-state index is 8.20. The van der Waals surface area contributed by atoms with Crippen LogP contribution in [0.1, 0.15) is 11.1 Å². The number of nitrogens with one attached hydrogen (secondary N) is 1. The molecule has 160 valence electrons. The van der Waals surface area contributed by atoms with Crippen molar-refractivity contribution in [2.45, 2.75) is 13.8 Å². The van der Waals surface area contributed by atoms with Crippen LogP contribution < -0.4 is 4.90 Å². The molecule has 0 saturated heterocycles. The highest BCUT2D eigenvalue weighted by atomic mass is 15.1. The van der Waals surface area contributed by atoms with Crippen molar-refractivity contribution in [2.24, 2.45) is 4.99 Å². The molecule has 33 heavy (non-hydrogen) atoms. The van der Waals surface area contributed by atoms with Crippen molar-refractivity contribution in [1.82, 2.24) is 0 Å². The van der Waals surface area contributed by atoms with E-state index in [-0.39, 0.29) is 0 Å². The molecule has 0 spiro atoms. The second-order valence-corrected chi connectivity index (χ2v) is 8.28. The standard InChI is InChI=1S/C30H25N3/c1-21-11-15-23(16-12-21)33(24-17-13-22(2)14-18-24)30-20-19-28(25-7-3-4-8-26(25)30)32-29-10-6-5-9-27(29)31/h3-20,31H,1-2H3. The first-order valence-corrected chi connectivity index (χ1v) is 11.1. The van der Waals surface area contributed by atoms with Crippen molar-refractivity contribution in [3.8, 4) is 0 Å². The van der Waals surface area contributed by atoms with E-state index in [9.17, 15) is 0 Å². The molecule has 0 aliphatic heterocycles. The van der Waals surface area contributed by atoms with E-state index in [1.807, 2.05) is 24.3 Å². The highest BCUT2D eigenvalue weighted by molar-refractivity contribution is 6.50. The molecule has 1 aliphatic carbocycles. The minimum atomic E-state index is 0.423. The number of fused-ring (bicyclic) bond motifs is 1. The molecule has 0 atom stereocenters. The fourth-order valence-corrected chi connectivity index (χ4v) is 4.08. The summed E-state index contributed by atoms with van der Waals surface area (Å²) in [6, 6.07) is 29.8. The topological polar surface area (TPSA) is 39.5 Å². The number of hydrogen-bond donors (Lipinski definition) is 1. The lowest BCUT2D eigenvalue weighted by Gasteiger charge is -2.27. The summed E-state index contributed by atoms with van der Waals surface area (Å²) in [6.07, 6.45) is 7.44. The maximum atomic E-state index is 8.20. The molecule has 4 aromatic rings. The largest absolute Gasteiger partial charge is 0.310 e. The maximum Gasteiger partial charge on any atom is 0.0886 e. The lowest BCUT2D eigenvalue weighted by molar-refractivity contribution is 1.28. The molecule has 5 rings (SSSR count). The number of rotatable bonds is 4. The normalized spacial score (nSPS) is 14.2. The van der Waals surface area contributed by atoms with Gasteiger partial charge in [0.2, 0.25) is 0 Å². The van der Waals surface area contributed by atoms with Crippen LogP contribution in [0, 0.1) is 19.3 Å². The predicted molar refractivity (Wildman–Crippen MR) is 141 cm³/mol. The summed E-state index contributed by atoms with van der Waals surface area (Å²) in [6.45, 7) is 4.21. The van der Waals surface area contributed by atoms with Crippen molar-refractivity contribution >= 4 is 44.9 Å². The third-order valence-corrected chi connectivity index (χ3v) is 5.85.